The molecule has 0 saturated carbocycles. The molecule has 2 rings (SSSR count). The molecule has 0 aliphatic rings. The van der Waals surface area contributed by atoms with Gasteiger partial charge in [-0.05, 0) is 57.0 Å². The number of aromatic nitrogens is 1. The average Bonchev–Trinajstić information content (AvgIpc) is 2.86. The lowest BCUT2D eigenvalue weighted by Gasteiger charge is -2.27. The number of carboxylic acids is 1. The van der Waals surface area contributed by atoms with Crippen LogP contribution < -0.4 is 15.4 Å². The third-order valence-corrected chi connectivity index (χ3v) is 5.81. The minimum absolute atomic E-state index is 0.0635. The fourth-order valence-corrected chi connectivity index (χ4v) is 3.30. The van der Waals surface area contributed by atoms with Crippen LogP contribution in [0.4, 0.5) is 18.9 Å². The Morgan fingerprint density at radius 3 is 2.20 bits per heavy atom. The van der Waals surface area contributed by atoms with Gasteiger partial charge in [-0.25, -0.2) is 4.79 Å². The normalized spacial score (nSPS) is 11.8. The largest absolute Gasteiger partial charge is 0.492 e. The Morgan fingerprint density at radius 2 is 1.68 bits per heavy atom. The first-order valence-corrected chi connectivity index (χ1v) is 13.0. The molecule has 222 valence electrons. The molecule has 2 aromatic rings. The number of halogens is 4. The lowest BCUT2D eigenvalue weighted by Crippen LogP contribution is -2.42. The van der Waals surface area contributed by atoms with E-state index in [9.17, 15) is 22.8 Å². The van der Waals surface area contributed by atoms with E-state index in [-0.39, 0.29) is 30.3 Å². The number of benzene rings is 1. The summed E-state index contributed by atoms with van der Waals surface area (Å²) in [5.41, 5.74) is 1.39. The topological polar surface area (TPSA) is 121 Å². The van der Waals surface area contributed by atoms with Gasteiger partial charge < -0.3 is 25.4 Å². The van der Waals surface area contributed by atoms with Gasteiger partial charge in [0.2, 0.25) is 5.91 Å². The quantitative estimate of drug-likeness (QED) is 0.289. The maximum atomic E-state index is 13.2. The SMILES string of the molecule is CC(C)C(C)NC(=O)CCN(C(=O)c1cc(Cl)cc(OCCNc2ccncc2)c1)C(C)C.O=C(O)C(F)(F)F. The van der Waals surface area contributed by atoms with Crippen LogP contribution in [0.5, 0.6) is 5.75 Å². The van der Waals surface area contributed by atoms with E-state index < -0.39 is 12.1 Å². The highest BCUT2D eigenvalue weighted by Gasteiger charge is 2.38. The molecule has 0 bridgehead atoms. The summed E-state index contributed by atoms with van der Waals surface area (Å²) in [7, 11) is 0. The molecule has 13 heteroatoms. The van der Waals surface area contributed by atoms with Crippen molar-refractivity contribution in [3.8, 4) is 5.75 Å². The van der Waals surface area contributed by atoms with Gasteiger partial charge in [-0.1, -0.05) is 25.4 Å². The number of rotatable bonds is 12. The van der Waals surface area contributed by atoms with Crippen LogP contribution >= 0.6 is 11.6 Å². The zero-order valence-electron chi connectivity index (χ0n) is 23.1. The monoisotopic (exact) mass is 588 g/mol. The summed E-state index contributed by atoms with van der Waals surface area (Å²) in [5, 5.41) is 13.8. The predicted octanol–water partition coefficient (Wildman–Crippen LogP) is 5.26. The number of amides is 2. The Morgan fingerprint density at radius 1 is 1.07 bits per heavy atom. The van der Waals surface area contributed by atoms with Gasteiger partial charge in [-0.3, -0.25) is 14.6 Å². The summed E-state index contributed by atoms with van der Waals surface area (Å²) in [6.45, 7) is 11.3. The first kappa shape index (κ1) is 34.5. The van der Waals surface area contributed by atoms with Crippen LogP contribution in [0, 0.1) is 5.92 Å². The lowest BCUT2D eigenvalue weighted by molar-refractivity contribution is -0.192. The van der Waals surface area contributed by atoms with Crippen molar-refractivity contribution in [1.82, 2.24) is 15.2 Å². The molecule has 1 atom stereocenters. The molecular weight excluding hydrogens is 553 g/mol. The summed E-state index contributed by atoms with van der Waals surface area (Å²) >= 11 is 6.26. The van der Waals surface area contributed by atoms with E-state index in [2.05, 4.69) is 29.5 Å². The van der Waals surface area contributed by atoms with Gasteiger partial charge >= 0.3 is 12.1 Å². The van der Waals surface area contributed by atoms with E-state index in [1.54, 1.807) is 35.5 Å². The first-order valence-electron chi connectivity index (χ1n) is 12.6. The highest BCUT2D eigenvalue weighted by molar-refractivity contribution is 6.31. The fraction of sp³-hybridized carbons (Fsp3) is 0.481. The molecule has 3 N–H and O–H groups in total. The standard InChI is InChI=1S/C25H35ClN4O3.C2HF3O2/c1-17(2)19(5)29-24(31)8-12-30(18(3)4)25(32)20-14-21(26)16-23(15-20)33-13-11-28-22-6-9-27-10-7-22;3-2(4,5)1(6)7/h6-7,9-10,14-19H,8,11-13H2,1-5H3,(H,27,28)(H,29,31);(H,6,7). The molecule has 2 amide bonds. The number of pyridine rings is 1. The van der Waals surface area contributed by atoms with Gasteiger partial charge in [0.15, 0.2) is 0 Å². The number of hydrogen-bond donors (Lipinski definition) is 3. The van der Waals surface area contributed by atoms with Crippen molar-refractivity contribution in [2.45, 2.75) is 59.3 Å². The van der Waals surface area contributed by atoms with E-state index in [1.807, 2.05) is 32.9 Å². The lowest BCUT2D eigenvalue weighted by atomic mass is 10.1. The van der Waals surface area contributed by atoms with Crippen molar-refractivity contribution < 1.29 is 37.4 Å². The van der Waals surface area contributed by atoms with Crippen molar-refractivity contribution in [2.75, 3.05) is 25.0 Å². The van der Waals surface area contributed by atoms with Crippen LogP contribution in [0.15, 0.2) is 42.7 Å². The molecule has 40 heavy (non-hydrogen) atoms. The number of ether oxygens (including phenoxy) is 1. The number of hydrogen-bond acceptors (Lipinski definition) is 6. The van der Waals surface area contributed by atoms with Crippen LogP contribution in [0.1, 0.15) is 51.4 Å². The molecule has 0 radical (unpaired) electrons. The minimum Gasteiger partial charge on any atom is -0.492 e. The van der Waals surface area contributed by atoms with Crippen LogP contribution in [-0.4, -0.2) is 70.7 Å². The summed E-state index contributed by atoms with van der Waals surface area (Å²) in [6, 6.07) is 8.77. The Bertz CT molecular complexity index is 1100. The summed E-state index contributed by atoms with van der Waals surface area (Å²) in [4.78, 5) is 40.1. The molecule has 1 aromatic carbocycles. The zero-order valence-corrected chi connectivity index (χ0v) is 23.8. The molecule has 9 nitrogen and oxygen atoms in total. The highest BCUT2D eigenvalue weighted by atomic mass is 35.5. The van der Waals surface area contributed by atoms with Gasteiger partial charge in [-0.15, -0.1) is 0 Å². The van der Waals surface area contributed by atoms with E-state index in [0.717, 1.165) is 5.69 Å². The second-order valence-corrected chi connectivity index (χ2v) is 9.87. The van der Waals surface area contributed by atoms with E-state index >= 15 is 0 Å². The number of carbonyl (C=O) groups is 3. The predicted molar refractivity (Wildman–Crippen MR) is 147 cm³/mol. The second-order valence-electron chi connectivity index (χ2n) is 9.43. The molecular formula is C27H36ClF3N4O5. The average molecular weight is 589 g/mol. The Kier molecular flexibility index (Phi) is 14.3. The smallest absolute Gasteiger partial charge is 0.490 e. The Labute approximate surface area is 237 Å². The summed E-state index contributed by atoms with van der Waals surface area (Å²) in [6.07, 6.45) is -1.41. The summed E-state index contributed by atoms with van der Waals surface area (Å²) in [5.74, 6) is -2.13. The molecule has 0 aliphatic heterocycles. The van der Waals surface area contributed by atoms with Crippen LogP contribution in [-0.2, 0) is 9.59 Å². The maximum absolute atomic E-state index is 13.2. The molecule has 0 fully saturated rings. The van der Waals surface area contributed by atoms with Gasteiger partial charge in [0.1, 0.15) is 12.4 Å². The van der Waals surface area contributed by atoms with Crippen molar-refractivity contribution in [3.63, 3.8) is 0 Å². The van der Waals surface area contributed by atoms with E-state index in [4.69, 9.17) is 26.2 Å². The minimum atomic E-state index is -5.08. The number of alkyl halides is 3. The fourth-order valence-electron chi connectivity index (χ4n) is 3.08. The number of nitrogens with zero attached hydrogens (tertiary/aromatic N) is 2. The van der Waals surface area contributed by atoms with Gasteiger partial charge in [-0.2, -0.15) is 13.2 Å². The number of nitrogens with one attached hydrogen (secondary N) is 2. The van der Waals surface area contributed by atoms with Crippen LogP contribution in [0.3, 0.4) is 0 Å². The van der Waals surface area contributed by atoms with Crippen molar-refractivity contribution in [1.29, 1.82) is 0 Å². The van der Waals surface area contributed by atoms with Gasteiger partial charge in [0.25, 0.3) is 5.91 Å². The molecule has 0 saturated heterocycles. The van der Waals surface area contributed by atoms with Gasteiger partial charge in [0, 0.05) is 60.3 Å². The van der Waals surface area contributed by atoms with Crippen molar-refractivity contribution >= 4 is 35.1 Å². The Balaban J connectivity index is 0.00000101. The number of carbonyl (C=O) groups excluding carboxylic acids is 2. The van der Waals surface area contributed by atoms with E-state index in [0.29, 0.717) is 41.9 Å². The number of anilines is 1. The molecule has 0 spiro atoms. The second kappa shape index (κ2) is 16.5. The number of carboxylic acid groups (broad SMARTS) is 1. The third kappa shape index (κ3) is 13.0. The zero-order chi connectivity index (χ0) is 30.5. The van der Waals surface area contributed by atoms with Crippen LogP contribution in [0.2, 0.25) is 5.02 Å². The third-order valence-electron chi connectivity index (χ3n) is 5.59. The summed E-state index contributed by atoms with van der Waals surface area (Å²) < 4.78 is 37.5. The highest BCUT2D eigenvalue weighted by Crippen LogP contribution is 2.23. The first-order chi connectivity index (χ1) is 18.6. The van der Waals surface area contributed by atoms with Gasteiger partial charge in [0.05, 0.1) is 0 Å². The van der Waals surface area contributed by atoms with Crippen LogP contribution in [0.25, 0.3) is 0 Å². The number of aliphatic carboxylic acids is 1. The van der Waals surface area contributed by atoms with Crippen molar-refractivity contribution in [2.24, 2.45) is 5.92 Å². The molecule has 0 aliphatic carbocycles. The van der Waals surface area contributed by atoms with Crippen molar-refractivity contribution in [3.05, 3.63) is 53.3 Å². The Hall–Kier alpha value is -3.54. The van der Waals surface area contributed by atoms with E-state index in [1.165, 1.54) is 0 Å². The maximum Gasteiger partial charge on any atom is 0.490 e. The molecule has 1 heterocycles. The molecule has 1 aromatic heterocycles. The molecule has 1 unspecified atom stereocenters.